The van der Waals surface area contributed by atoms with Gasteiger partial charge in [0, 0.05) is 30.4 Å². The summed E-state index contributed by atoms with van der Waals surface area (Å²) in [4.78, 5) is 37.7. The van der Waals surface area contributed by atoms with Crippen LogP contribution in [-0.4, -0.2) is 31.4 Å². The number of alkyl halides is 3. The first-order chi connectivity index (χ1) is 14.2. The fraction of sp³-hybridized carbons (Fsp3) is 0.250. The van der Waals surface area contributed by atoms with Gasteiger partial charge in [0.25, 0.3) is 0 Å². The van der Waals surface area contributed by atoms with E-state index in [0.717, 1.165) is 30.7 Å². The van der Waals surface area contributed by atoms with E-state index in [4.69, 9.17) is 4.74 Å². The van der Waals surface area contributed by atoms with Crippen LogP contribution in [0.4, 0.5) is 30.2 Å². The Kier molecular flexibility index (Phi) is 5.95. The van der Waals surface area contributed by atoms with Crippen LogP contribution in [0.15, 0.2) is 42.5 Å². The summed E-state index contributed by atoms with van der Waals surface area (Å²) in [7, 11) is 1.42. The number of nitrogens with one attached hydrogen (secondary N) is 2. The van der Waals surface area contributed by atoms with Crippen LogP contribution >= 0.6 is 0 Å². The third-order valence-electron chi connectivity index (χ3n) is 4.48. The van der Waals surface area contributed by atoms with Crippen LogP contribution in [0.1, 0.15) is 18.4 Å². The smallest absolute Gasteiger partial charge is 0.416 e. The SMILES string of the molecule is COc1cc(NC(=O)C(=O)Nc2ccc(C(F)(F)F)cc2)ccc1N1CCCC1=O. The van der Waals surface area contributed by atoms with Crippen LogP contribution in [0.2, 0.25) is 0 Å². The monoisotopic (exact) mass is 421 g/mol. The lowest BCUT2D eigenvalue weighted by Crippen LogP contribution is -2.29. The minimum atomic E-state index is -4.50. The Morgan fingerprint density at radius 2 is 1.60 bits per heavy atom. The minimum absolute atomic E-state index is 0.0268. The number of amides is 3. The van der Waals surface area contributed by atoms with Crippen LogP contribution in [0.25, 0.3) is 0 Å². The minimum Gasteiger partial charge on any atom is -0.494 e. The van der Waals surface area contributed by atoms with Crippen LogP contribution in [0.3, 0.4) is 0 Å². The molecule has 3 amide bonds. The summed E-state index contributed by atoms with van der Waals surface area (Å²) < 4.78 is 43.0. The molecule has 1 heterocycles. The molecule has 2 N–H and O–H groups in total. The number of benzene rings is 2. The third-order valence-corrected chi connectivity index (χ3v) is 4.48. The Morgan fingerprint density at radius 3 is 2.13 bits per heavy atom. The molecule has 10 heteroatoms. The van der Waals surface area contributed by atoms with Gasteiger partial charge in [0.05, 0.1) is 18.4 Å². The second kappa shape index (κ2) is 8.44. The maximum atomic E-state index is 12.6. The first-order valence-electron chi connectivity index (χ1n) is 8.97. The maximum absolute atomic E-state index is 12.6. The second-order valence-corrected chi connectivity index (χ2v) is 6.52. The Hall–Kier alpha value is -3.56. The van der Waals surface area contributed by atoms with Crippen molar-refractivity contribution in [1.29, 1.82) is 0 Å². The maximum Gasteiger partial charge on any atom is 0.416 e. The number of methoxy groups -OCH3 is 1. The van der Waals surface area contributed by atoms with E-state index in [9.17, 15) is 27.6 Å². The van der Waals surface area contributed by atoms with Crippen molar-refractivity contribution >= 4 is 34.8 Å². The van der Waals surface area contributed by atoms with Crippen LogP contribution in [0.5, 0.6) is 5.75 Å². The van der Waals surface area contributed by atoms with E-state index in [1.165, 1.54) is 19.2 Å². The van der Waals surface area contributed by atoms with Crippen LogP contribution < -0.4 is 20.3 Å². The Balaban J connectivity index is 1.66. The van der Waals surface area contributed by atoms with Crippen molar-refractivity contribution in [2.24, 2.45) is 0 Å². The Bertz CT molecular complexity index is 974. The van der Waals surface area contributed by atoms with Crippen molar-refractivity contribution in [3.63, 3.8) is 0 Å². The first-order valence-corrected chi connectivity index (χ1v) is 8.97. The molecule has 0 aliphatic carbocycles. The number of hydrogen-bond donors (Lipinski definition) is 2. The molecule has 0 spiro atoms. The third kappa shape index (κ3) is 4.70. The van der Waals surface area contributed by atoms with Gasteiger partial charge >= 0.3 is 18.0 Å². The van der Waals surface area contributed by atoms with Gasteiger partial charge in [-0.05, 0) is 42.8 Å². The zero-order chi connectivity index (χ0) is 21.9. The molecule has 1 fully saturated rings. The van der Waals surface area contributed by atoms with E-state index in [0.29, 0.717) is 24.4 Å². The molecule has 0 radical (unpaired) electrons. The quantitative estimate of drug-likeness (QED) is 0.741. The molecule has 0 aromatic heterocycles. The highest BCUT2D eigenvalue weighted by Gasteiger charge is 2.30. The molecule has 158 valence electrons. The van der Waals surface area contributed by atoms with Crippen molar-refractivity contribution in [1.82, 2.24) is 0 Å². The average Bonchev–Trinajstić information content (AvgIpc) is 3.13. The average molecular weight is 421 g/mol. The number of carbonyl (C=O) groups excluding carboxylic acids is 3. The highest BCUT2D eigenvalue weighted by atomic mass is 19.4. The number of carbonyl (C=O) groups is 3. The zero-order valence-electron chi connectivity index (χ0n) is 15.9. The number of rotatable bonds is 4. The number of anilines is 3. The van der Waals surface area contributed by atoms with Gasteiger partial charge < -0.3 is 20.3 Å². The molecule has 2 aromatic rings. The Labute approximate surface area is 169 Å². The molecule has 0 saturated carbocycles. The summed E-state index contributed by atoms with van der Waals surface area (Å²) in [6, 6.07) is 8.31. The molecule has 3 rings (SSSR count). The second-order valence-electron chi connectivity index (χ2n) is 6.52. The van der Waals surface area contributed by atoms with Crippen LogP contribution in [0, 0.1) is 0 Å². The van der Waals surface area contributed by atoms with E-state index in [2.05, 4.69) is 10.6 Å². The summed E-state index contributed by atoms with van der Waals surface area (Å²) in [6.45, 7) is 0.566. The molecule has 1 aliphatic heterocycles. The van der Waals surface area contributed by atoms with Gasteiger partial charge in [0.15, 0.2) is 0 Å². The molecule has 30 heavy (non-hydrogen) atoms. The first kappa shape index (κ1) is 21.2. The molecule has 0 unspecified atom stereocenters. The van der Waals surface area contributed by atoms with Crippen molar-refractivity contribution in [2.45, 2.75) is 19.0 Å². The number of ether oxygens (including phenoxy) is 1. The van der Waals surface area contributed by atoms with Gasteiger partial charge in [-0.15, -0.1) is 0 Å². The van der Waals surface area contributed by atoms with Crippen molar-refractivity contribution in [3.05, 3.63) is 48.0 Å². The molecule has 2 aromatic carbocycles. The van der Waals surface area contributed by atoms with Gasteiger partial charge in [0.1, 0.15) is 5.75 Å². The predicted molar refractivity (Wildman–Crippen MR) is 103 cm³/mol. The van der Waals surface area contributed by atoms with E-state index < -0.39 is 23.6 Å². The number of halogens is 3. The summed E-state index contributed by atoms with van der Waals surface area (Å²) in [5.74, 6) is -1.73. The molecule has 0 atom stereocenters. The van der Waals surface area contributed by atoms with Crippen molar-refractivity contribution in [3.8, 4) is 5.75 Å². The molecule has 7 nitrogen and oxygen atoms in total. The van der Waals surface area contributed by atoms with E-state index in [1.54, 1.807) is 11.0 Å². The molecule has 1 saturated heterocycles. The lowest BCUT2D eigenvalue weighted by molar-refractivity contribution is -0.137. The highest BCUT2D eigenvalue weighted by Crippen LogP contribution is 2.34. The topological polar surface area (TPSA) is 87.7 Å². The lowest BCUT2D eigenvalue weighted by Gasteiger charge is -2.19. The number of nitrogens with zero attached hydrogens (tertiary/aromatic N) is 1. The molecular formula is C20H18F3N3O4. The fourth-order valence-corrected chi connectivity index (χ4v) is 3.00. The molecular weight excluding hydrogens is 403 g/mol. The summed E-state index contributed by atoms with van der Waals surface area (Å²) in [5, 5.41) is 4.62. The van der Waals surface area contributed by atoms with Crippen molar-refractivity contribution < 1.29 is 32.3 Å². The summed E-state index contributed by atoms with van der Waals surface area (Å²) in [6.07, 6.45) is -3.30. The highest BCUT2D eigenvalue weighted by molar-refractivity contribution is 6.43. The van der Waals surface area contributed by atoms with Crippen molar-refractivity contribution in [2.75, 3.05) is 29.2 Å². The summed E-state index contributed by atoms with van der Waals surface area (Å²) >= 11 is 0. The van der Waals surface area contributed by atoms with Gasteiger partial charge in [-0.2, -0.15) is 13.2 Å². The summed E-state index contributed by atoms with van der Waals surface area (Å²) in [5.41, 5.74) is -0.000682. The van der Waals surface area contributed by atoms with Gasteiger partial charge in [0.2, 0.25) is 5.91 Å². The standard InChI is InChI=1S/C20H18F3N3O4/c1-30-16-11-14(8-9-15(16)26-10-2-3-17(26)27)25-19(29)18(28)24-13-6-4-12(5-7-13)20(21,22)23/h4-9,11H,2-3,10H2,1H3,(H,24,28)(H,25,29). The molecule has 0 bridgehead atoms. The van der Waals surface area contributed by atoms with Gasteiger partial charge in [-0.25, -0.2) is 0 Å². The van der Waals surface area contributed by atoms with Crippen LogP contribution in [-0.2, 0) is 20.6 Å². The zero-order valence-corrected chi connectivity index (χ0v) is 15.9. The lowest BCUT2D eigenvalue weighted by atomic mass is 10.2. The largest absolute Gasteiger partial charge is 0.494 e. The van der Waals surface area contributed by atoms with E-state index in [-0.39, 0.29) is 17.3 Å². The predicted octanol–water partition coefficient (Wildman–Crippen LogP) is 3.42. The van der Waals surface area contributed by atoms with E-state index >= 15 is 0 Å². The van der Waals surface area contributed by atoms with E-state index in [1.807, 2.05) is 0 Å². The normalized spacial score (nSPS) is 13.9. The Morgan fingerprint density at radius 1 is 1.00 bits per heavy atom. The number of hydrogen-bond acceptors (Lipinski definition) is 4. The molecule has 1 aliphatic rings. The van der Waals surface area contributed by atoms with Gasteiger partial charge in [-0.1, -0.05) is 0 Å². The fourth-order valence-electron chi connectivity index (χ4n) is 3.00. The van der Waals surface area contributed by atoms with Gasteiger partial charge in [-0.3, -0.25) is 14.4 Å².